The second kappa shape index (κ2) is 9.30. The summed E-state index contributed by atoms with van der Waals surface area (Å²) < 4.78 is 15.6. The smallest absolute Gasteiger partial charge is 0.266 e. The monoisotopic (exact) mass is 404 g/mol. The Morgan fingerprint density at radius 1 is 1.07 bits per heavy atom. The molecule has 8 heteroatoms. The van der Waals surface area contributed by atoms with Gasteiger partial charge >= 0.3 is 0 Å². The van der Waals surface area contributed by atoms with E-state index in [9.17, 15) is 10.1 Å². The molecule has 0 saturated heterocycles. The number of aromatic nitrogens is 2. The van der Waals surface area contributed by atoms with Crippen LogP contribution in [0, 0.1) is 11.3 Å². The number of anilines is 1. The molecule has 0 aliphatic heterocycles. The molecule has 0 fully saturated rings. The van der Waals surface area contributed by atoms with Gasteiger partial charge in [-0.05, 0) is 42.5 Å². The summed E-state index contributed by atoms with van der Waals surface area (Å²) in [5, 5.41) is 19.2. The van der Waals surface area contributed by atoms with Gasteiger partial charge in [0.25, 0.3) is 5.91 Å². The van der Waals surface area contributed by atoms with E-state index in [0.717, 1.165) is 11.3 Å². The molecule has 0 aliphatic rings. The van der Waals surface area contributed by atoms with Crippen LogP contribution in [0.1, 0.15) is 5.56 Å². The Balaban J connectivity index is 1.89. The van der Waals surface area contributed by atoms with Crippen molar-refractivity contribution in [3.63, 3.8) is 0 Å². The number of nitrogens with one attached hydrogen (secondary N) is 2. The highest BCUT2D eigenvalue weighted by atomic mass is 16.5. The standard InChI is InChI=1S/C22H20N4O4/c1-28-17-6-4-14(5-7-17)21-16(13-24-26-21)10-15(12-23)22(27)25-19-11-18(29-2)8-9-20(19)30-3/h4-11,13H,1-3H3,(H,24,26)(H,25,27)/b15-10+. The van der Waals surface area contributed by atoms with Crippen LogP contribution in [0.5, 0.6) is 17.2 Å². The minimum absolute atomic E-state index is 0.0870. The predicted molar refractivity (Wildman–Crippen MR) is 112 cm³/mol. The third-order valence-electron chi connectivity index (χ3n) is 4.37. The van der Waals surface area contributed by atoms with E-state index in [1.165, 1.54) is 20.3 Å². The minimum Gasteiger partial charge on any atom is -0.497 e. The van der Waals surface area contributed by atoms with Crippen molar-refractivity contribution in [1.29, 1.82) is 5.26 Å². The molecule has 1 amide bonds. The average molecular weight is 404 g/mol. The Hall–Kier alpha value is -4.25. The summed E-state index contributed by atoms with van der Waals surface area (Å²) in [6.45, 7) is 0. The predicted octanol–water partition coefficient (Wildman–Crippen LogP) is 3.65. The first-order valence-electron chi connectivity index (χ1n) is 8.92. The third kappa shape index (κ3) is 4.42. The van der Waals surface area contributed by atoms with E-state index in [4.69, 9.17) is 14.2 Å². The molecule has 0 atom stereocenters. The highest BCUT2D eigenvalue weighted by Crippen LogP contribution is 2.30. The molecule has 0 bridgehead atoms. The second-order valence-electron chi connectivity index (χ2n) is 6.12. The van der Waals surface area contributed by atoms with E-state index >= 15 is 0 Å². The number of rotatable bonds is 7. The normalized spacial score (nSPS) is 10.8. The van der Waals surface area contributed by atoms with Crippen LogP contribution < -0.4 is 19.5 Å². The molecule has 0 saturated carbocycles. The zero-order chi connectivity index (χ0) is 21.5. The number of benzene rings is 2. The van der Waals surface area contributed by atoms with Gasteiger partial charge in [-0.25, -0.2) is 0 Å². The first-order chi connectivity index (χ1) is 14.6. The number of amides is 1. The van der Waals surface area contributed by atoms with Crippen molar-refractivity contribution in [3.05, 3.63) is 59.8 Å². The minimum atomic E-state index is -0.578. The van der Waals surface area contributed by atoms with Gasteiger partial charge in [0.1, 0.15) is 28.9 Å². The molecule has 0 unspecified atom stereocenters. The number of aromatic amines is 1. The van der Waals surface area contributed by atoms with Crippen molar-refractivity contribution in [2.24, 2.45) is 0 Å². The Labute approximate surface area is 173 Å². The second-order valence-corrected chi connectivity index (χ2v) is 6.12. The summed E-state index contributed by atoms with van der Waals surface area (Å²) in [7, 11) is 4.60. The fourth-order valence-corrected chi connectivity index (χ4v) is 2.80. The van der Waals surface area contributed by atoms with Gasteiger partial charge < -0.3 is 19.5 Å². The van der Waals surface area contributed by atoms with E-state index in [-0.39, 0.29) is 5.57 Å². The number of methoxy groups -OCH3 is 3. The van der Waals surface area contributed by atoms with Crippen LogP contribution in [-0.4, -0.2) is 37.4 Å². The number of hydrogen-bond donors (Lipinski definition) is 2. The molecule has 30 heavy (non-hydrogen) atoms. The van der Waals surface area contributed by atoms with Crippen molar-refractivity contribution in [2.75, 3.05) is 26.6 Å². The van der Waals surface area contributed by atoms with Crippen LogP contribution in [0.2, 0.25) is 0 Å². The molecule has 152 valence electrons. The number of nitriles is 1. The van der Waals surface area contributed by atoms with Crippen molar-refractivity contribution in [2.45, 2.75) is 0 Å². The van der Waals surface area contributed by atoms with Crippen LogP contribution in [0.15, 0.2) is 54.2 Å². The lowest BCUT2D eigenvalue weighted by Gasteiger charge is -2.11. The largest absolute Gasteiger partial charge is 0.497 e. The summed E-state index contributed by atoms with van der Waals surface area (Å²) in [6, 6.07) is 14.3. The van der Waals surface area contributed by atoms with Crippen LogP contribution in [0.25, 0.3) is 17.3 Å². The van der Waals surface area contributed by atoms with E-state index in [2.05, 4.69) is 15.5 Å². The number of H-pyrrole nitrogens is 1. The third-order valence-corrected chi connectivity index (χ3v) is 4.37. The molecule has 8 nitrogen and oxygen atoms in total. The molecular formula is C22H20N4O4. The summed E-state index contributed by atoms with van der Waals surface area (Å²) in [4.78, 5) is 12.7. The van der Waals surface area contributed by atoms with E-state index in [1.54, 1.807) is 31.5 Å². The van der Waals surface area contributed by atoms with Gasteiger partial charge in [-0.1, -0.05) is 0 Å². The first-order valence-corrected chi connectivity index (χ1v) is 8.92. The van der Waals surface area contributed by atoms with Crippen molar-refractivity contribution in [1.82, 2.24) is 10.2 Å². The lowest BCUT2D eigenvalue weighted by atomic mass is 10.1. The number of ether oxygens (including phenoxy) is 3. The highest BCUT2D eigenvalue weighted by molar-refractivity contribution is 6.10. The van der Waals surface area contributed by atoms with Gasteiger partial charge in [0.15, 0.2) is 0 Å². The first kappa shape index (κ1) is 20.5. The van der Waals surface area contributed by atoms with Crippen LogP contribution in [0.4, 0.5) is 5.69 Å². The molecule has 2 aromatic carbocycles. The highest BCUT2D eigenvalue weighted by Gasteiger charge is 2.15. The molecule has 1 aromatic heterocycles. The maximum Gasteiger partial charge on any atom is 0.266 e. The van der Waals surface area contributed by atoms with Gasteiger partial charge in [0.05, 0.1) is 38.9 Å². The topological polar surface area (TPSA) is 109 Å². The maximum atomic E-state index is 12.7. The summed E-state index contributed by atoms with van der Waals surface area (Å²) >= 11 is 0. The van der Waals surface area contributed by atoms with Crippen molar-refractivity contribution < 1.29 is 19.0 Å². The van der Waals surface area contributed by atoms with Crippen LogP contribution >= 0.6 is 0 Å². The zero-order valence-electron chi connectivity index (χ0n) is 16.7. The lowest BCUT2D eigenvalue weighted by molar-refractivity contribution is -0.112. The molecule has 0 spiro atoms. The van der Waals surface area contributed by atoms with Crippen molar-refractivity contribution >= 4 is 17.7 Å². The molecule has 0 radical (unpaired) electrons. The fraction of sp³-hybridized carbons (Fsp3) is 0.136. The Kier molecular flexibility index (Phi) is 6.35. The summed E-state index contributed by atoms with van der Waals surface area (Å²) in [5.74, 6) is 1.14. The fourth-order valence-electron chi connectivity index (χ4n) is 2.80. The number of carbonyl (C=O) groups is 1. The quantitative estimate of drug-likeness (QED) is 0.460. The molecule has 0 aliphatic carbocycles. The van der Waals surface area contributed by atoms with Gasteiger partial charge in [-0.15, -0.1) is 0 Å². The molecule has 3 aromatic rings. The number of hydrogen-bond acceptors (Lipinski definition) is 6. The van der Waals surface area contributed by atoms with Gasteiger partial charge in [0, 0.05) is 17.2 Å². The van der Waals surface area contributed by atoms with Gasteiger partial charge in [-0.3, -0.25) is 9.89 Å². The molecule has 3 rings (SSSR count). The Morgan fingerprint density at radius 2 is 1.77 bits per heavy atom. The van der Waals surface area contributed by atoms with E-state index < -0.39 is 5.91 Å². The Bertz CT molecular complexity index is 1110. The van der Waals surface area contributed by atoms with E-state index in [0.29, 0.717) is 28.4 Å². The SMILES string of the molecule is COc1ccc(-c2[nH]ncc2/C=C(\C#N)C(=O)Nc2cc(OC)ccc2OC)cc1. The molecule has 2 N–H and O–H groups in total. The lowest BCUT2D eigenvalue weighted by Crippen LogP contribution is -2.14. The zero-order valence-corrected chi connectivity index (χ0v) is 16.7. The van der Waals surface area contributed by atoms with Gasteiger partial charge in [-0.2, -0.15) is 10.4 Å². The number of nitrogens with zero attached hydrogens (tertiary/aromatic N) is 2. The molecular weight excluding hydrogens is 384 g/mol. The van der Waals surface area contributed by atoms with Crippen molar-refractivity contribution in [3.8, 4) is 34.6 Å². The van der Waals surface area contributed by atoms with Gasteiger partial charge in [0.2, 0.25) is 0 Å². The number of carbonyl (C=O) groups excluding carboxylic acids is 1. The summed E-state index contributed by atoms with van der Waals surface area (Å²) in [6.07, 6.45) is 3.03. The van der Waals surface area contributed by atoms with Crippen LogP contribution in [0.3, 0.4) is 0 Å². The maximum absolute atomic E-state index is 12.7. The summed E-state index contributed by atoms with van der Waals surface area (Å²) in [5.41, 5.74) is 2.43. The Morgan fingerprint density at radius 3 is 2.40 bits per heavy atom. The molecule has 1 heterocycles. The van der Waals surface area contributed by atoms with Crippen LogP contribution in [-0.2, 0) is 4.79 Å². The van der Waals surface area contributed by atoms with E-state index in [1.807, 2.05) is 30.3 Å². The average Bonchev–Trinajstić information content (AvgIpc) is 3.25.